The summed E-state index contributed by atoms with van der Waals surface area (Å²) in [6.45, 7) is 2.13. The zero-order valence-electron chi connectivity index (χ0n) is 13.0. The Morgan fingerprint density at radius 2 is 1.90 bits per heavy atom. The van der Waals surface area contributed by atoms with Gasteiger partial charge < -0.3 is 20.3 Å². The highest BCUT2D eigenvalue weighted by Gasteiger charge is 2.41. The number of aliphatic hydroxyl groups is 1. The summed E-state index contributed by atoms with van der Waals surface area (Å²) < 4.78 is 4.90. The smallest absolute Gasteiger partial charge is 0.310 e. The maximum atomic E-state index is 12.0. The van der Waals surface area contributed by atoms with E-state index in [0.717, 1.165) is 19.3 Å². The quantitative estimate of drug-likeness (QED) is 0.628. The van der Waals surface area contributed by atoms with Gasteiger partial charge in [-0.3, -0.25) is 9.59 Å². The van der Waals surface area contributed by atoms with Crippen LogP contribution in [0.3, 0.4) is 0 Å². The Morgan fingerprint density at radius 3 is 2.43 bits per heavy atom. The van der Waals surface area contributed by atoms with Crippen LogP contribution in [0.1, 0.15) is 51.9 Å². The van der Waals surface area contributed by atoms with Crippen LogP contribution in [0.25, 0.3) is 0 Å². The molecular formula is C15H27NO5. The number of carbonyl (C=O) groups excluding carboxylic acids is 1. The summed E-state index contributed by atoms with van der Waals surface area (Å²) in [5, 5.41) is 22.1. The van der Waals surface area contributed by atoms with Crippen molar-refractivity contribution in [1.29, 1.82) is 0 Å². The number of carboxylic acids is 1. The van der Waals surface area contributed by atoms with Crippen molar-refractivity contribution in [2.75, 3.05) is 20.3 Å². The average molecular weight is 301 g/mol. The zero-order valence-corrected chi connectivity index (χ0v) is 13.0. The molecular weight excluding hydrogens is 274 g/mol. The zero-order chi connectivity index (χ0) is 15.9. The van der Waals surface area contributed by atoms with Gasteiger partial charge in [-0.2, -0.15) is 0 Å². The third kappa shape index (κ3) is 5.63. The highest BCUT2D eigenvalue weighted by molar-refractivity contribution is 5.85. The van der Waals surface area contributed by atoms with Gasteiger partial charge in [-0.15, -0.1) is 0 Å². The van der Waals surface area contributed by atoms with Crippen LogP contribution in [0.4, 0.5) is 0 Å². The van der Waals surface area contributed by atoms with Crippen molar-refractivity contribution in [2.45, 2.75) is 57.5 Å². The van der Waals surface area contributed by atoms with Gasteiger partial charge in [0.2, 0.25) is 5.91 Å². The summed E-state index contributed by atoms with van der Waals surface area (Å²) in [5.41, 5.74) is -1.98. The standard InChI is InChI=1S/C15H27NO5/c1-14(20,8-9-21-2)11-16-12(17)10-15(13(18)19)6-4-3-5-7-15/h20H,3-11H2,1-2H3,(H,16,17)(H,18,19). The normalized spacial score (nSPS) is 20.5. The minimum Gasteiger partial charge on any atom is -0.481 e. The first-order chi connectivity index (χ1) is 9.81. The van der Waals surface area contributed by atoms with Gasteiger partial charge in [-0.05, 0) is 19.8 Å². The van der Waals surface area contributed by atoms with Gasteiger partial charge in [0, 0.05) is 33.1 Å². The van der Waals surface area contributed by atoms with Gasteiger partial charge in [-0.25, -0.2) is 0 Å². The summed E-state index contributed by atoms with van der Waals surface area (Å²) in [7, 11) is 1.55. The van der Waals surface area contributed by atoms with E-state index in [1.807, 2.05) is 0 Å². The third-order valence-corrected chi connectivity index (χ3v) is 4.27. The Morgan fingerprint density at radius 1 is 1.29 bits per heavy atom. The lowest BCUT2D eigenvalue weighted by Crippen LogP contribution is -2.44. The number of carboxylic acid groups (broad SMARTS) is 1. The Balaban J connectivity index is 2.49. The van der Waals surface area contributed by atoms with E-state index >= 15 is 0 Å². The predicted octanol–water partition coefficient (Wildman–Crippen LogP) is 1.32. The second-order valence-electron chi connectivity index (χ2n) is 6.34. The highest BCUT2D eigenvalue weighted by Crippen LogP contribution is 2.39. The van der Waals surface area contributed by atoms with E-state index in [1.165, 1.54) is 0 Å². The molecule has 0 aliphatic heterocycles. The van der Waals surface area contributed by atoms with Crippen LogP contribution >= 0.6 is 0 Å². The van der Waals surface area contributed by atoms with Gasteiger partial charge in [0.15, 0.2) is 0 Å². The maximum Gasteiger partial charge on any atom is 0.310 e. The number of hydrogen-bond donors (Lipinski definition) is 3. The molecule has 122 valence electrons. The van der Waals surface area contributed by atoms with Crippen molar-refractivity contribution in [3.8, 4) is 0 Å². The number of aliphatic carboxylic acids is 1. The number of rotatable bonds is 8. The van der Waals surface area contributed by atoms with Crippen LogP contribution in [-0.4, -0.2) is 48.0 Å². The molecule has 0 aromatic heterocycles. The van der Waals surface area contributed by atoms with E-state index < -0.39 is 17.0 Å². The number of ether oxygens (including phenoxy) is 1. The molecule has 1 unspecified atom stereocenters. The SMILES string of the molecule is COCCC(C)(O)CNC(=O)CC1(C(=O)O)CCCCC1. The molecule has 21 heavy (non-hydrogen) atoms. The van der Waals surface area contributed by atoms with Crippen molar-refractivity contribution < 1.29 is 24.5 Å². The van der Waals surface area contributed by atoms with E-state index in [-0.39, 0.29) is 18.9 Å². The second-order valence-corrected chi connectivity index (χ2v) is 6.34. The number of amides is 1. The summed E-state index contributed by atoms with van der Waals surface area (Å²) in [5.74, 6) is -1.19. The Bertz CT molecular complexity index is 361. The van der Waals surface area contributed by atoms with E-state index in [2.05, 4.69) is 5.32 Å². The molecule has 0 heterocycles. The van der Waals surface area contributed by atoms with Gasteiger partial charge in [-0.1, -0.05) is 19.3 Å². The largest absolute Gasteiger partial charge is 0.481 e. The highest BCUT2D eigenvalue weighted by atomic mass is 16.5. The molecule has 0 saturated heterocycles. The fourth-order valence-corrected chi connectivity index (χ4v) is 2.76. The molecule has 3 N–H and O–H groups in total. The number of hydrogen-bond acceptors (Lipinski definition) is 4. The molecule has 1 saturated carbocycles. The fraction of sp³-hybridized carbons (Fsp3) is 0.867. The first kappa shape index (κ1) is 17.9. The average Bonchev–Trinajstić information content (AvgIpc) is 2.44. The molecule has 0 aromatic rings. The van der Waals surface area contributed by atoms with Crippen molar-refractivity contribution in [1.82, 2.24) is 5.32 Å². The topological polar surface area (TPSA) is 95.9 Å². The van der Waals surface area contributed by atoms with Gasteiger partial charge >= 0.3 is 5.97 Å². The molecule has 6 heteroatoms. The van der Waals surface area contributed by atoms with Crippen LogP contribution < -0.4 is 5.32 Å². The lowest BCUT2D eigenvalue weighted by molar-refractivity contribution is -0.154. The summed E-state index contributed by atoms with van der Waals surface area (Å²) >= 11 is 0. The third-order valence-electron chi connectivity index (χ3n) is 4.27. The first-order valence-electron chi connectivity index (χ1n) is 7.53. The Kier molecular flexibility index (Phi) is 6.61. The predicted molar refractivity (Wildman–Crippen MR) is 77.9 cm³/mol. The Hall–Kier alpha value is -1.14. The van der Waals surface area contributed by atoms with Crippen LogP contribution in [0.2, 0.25) is 0 Å². The summed E-state index contributed by atoms with van der Waals surface area (Å²) in [4.78, 5) is 23.5. The van der Waals surface area contributed by atoms with Crippen molar-refractivity contribution in [3.05, 3.63) is 0 Å². The molecule has 0 bridgehead atoms. The molecule has 1 aliphatic rings. The minimum atomic E-state index is -1.05. The fourth-order valence-electron chi connectivity index (χ4n) is 2.76. The number of carbonyl (C=O) groups is 2. The van der Waals surface area contributed by atoms with Crippen LogP contribution in [0.15, 0.2) is 0 Å². The maximum absolute atomic E-state index is 12.0. The second kappa shape index (κ2) is 7.75. The monoisotopic (exact) mass is 301 g/mol. The molecule has 1 rings (SSSR count). The van der Waals surface area contributed by atoms with Crippen molar-refractivity contribution in [3.63, 3.8) is 0 Å². The molecule has 6 nitrogen and oxygen atoms in total. The molecule has 0 radical (unpaired) electrons. The van der Waals surface area contributed by atoms with Crippen LogP contribution in [-0.2, 0) is 14.3 Å². The van der Waals surface area contributed by atoms with E-state index in [0.29, 0.717) is 25.9 Å². The summed E-state index contributed by atoms with van der Waals surface area (Å²) in [6.07, 6.45) is 4.24. The van der Waals surface area contributed by atoms with Crippen LogP contribution in [0, 0.1) is 5.41 Å². The number of methoxy groups -OCH3 is 1. The van der Waals surface area contributed by atoms with E-state index in [9.17, 15) is 19.8 Å². The summed E-state index contributed by atoms with van der Waals surface area (Å²) in [6, 6.07) is 0. The van der Waals surface area contributed by atoms with Crippen molar-refractivity contribution in [2.24, 2.45) is 5.41 Å². The Labute approximate surface area is 125 Å². The van der Waals surface area contributed by atoms with E-state index in [4.69, 9.17) is 4.74 Å². The molecule has 1 fully saturated rings. The lowest BCUT2D eigenvalue weighted by Gasteiger charge is -2.33. The molecule has 0 spiro atoms. The van der Waals surface area contributed by atoms with Crippen LogP contribution in [0.5, 0.6) is 0 Å². The first-order valence-corrected chi connectivity index (χ1v) is 7.53. The minimum absolute atomic E-state index is 0.0112. The molecule has 0 aromatic carbocycles. The van der Waals surface area contributed by atoms with Crippen molar-refractivity contribution >= 4 is 11.9 Å². The van der Waals surface area contributed by atoms with Gasteiger partial charge in [0.25, 0.3) is 0 Å². The lowest BCUT2D eigenvalue weighted by atomic mass is 9.71. The number of nitrogens with one attached hydrogen (secondary N) is 1. The van der Waals surface area contributed by atoms with Gasteiger partial charge in [0.05, 0.1) is 11.0 Å². The molecule has 1 atom stereocenters. The van der Waals surface area contributed by atoms with Gasteiger partial charge in [0.1, 0.15) is 0 Å². The van der Waals surface area contributed by atoms with E-state index in [1.54, 1.807) is 14.0 Å². The molecule has 1 aliphatic carbocycles. The molecule has 1 amide bonds.